The van der Waals surface area contributed by atoms with Crippen LogP contribution in [0.3, 0.4) is 0 Å². The summed E-state index contributed by atoms with van der Waals surface area (Å²) in [4.78, 5) is 0. The Hall–Kier alpha value is 0.120. The molecule has 1 aliphatic rings. The number of sulfonamides is 1. The second kappa shape index (κ2) is 5.27. The van der Waals surface area contributed by atoms with Gasteiger partial charge in [0.1, 0.15) is 0 Å². The van der Waals surface area contributed by atoms with E-state index in [4.69, 9.17) is 21.4 Å². The molecule has 1 saturated heterocycles. The van der Waals surface area contributed by atoms with E-state index in [1.165, 1.54) is 4.31 Å². The maximum atomic E-state index is 11.6. The molecular formula is C7H14ClNO4S. The quantitative estimate of drug-likeness (QED) is 0.660. The molecule has 0 amide bonds. The highest BCUT2D eigenvalue weighted by Gasteiger charge is 2.28. The summed E-state index contributed by atoms with van der Waals surface area (Å²) >= 11 is 5.39. The number of morpholine rings is 1. The standard InChI is InChI=1S/C7H14ClNO4S/c8-1-4-14(11,12)9-2-3-13-7(5-9)6-10/h7,10H,1-6H2. The lowest BCUT2D eigenvalue weighted by atomic mass is 10.3. The normalized spacial score (nSPS) is 25.1. The minimum atomic E-state index is -3.27. The van der Waals surface area contributed by atoms with Crippen LogP contribution >= 0.6 is 11.6 Å². The van der Waals surface area contributed by atoms with Crippen molar-refractivity contribution in [2.24, 2.45) is 0 Å². The van der Waals surface area contributed by atoms with Gasteiger partial charge in [0.25, 0.3) is 0 Å². The predicted octanol–water partition coefficient (Wildman–Crippen LogP) is -0.752. The number of rotatable bonds is 4. The van der Waals surface area contributed by atoms with E-state index < -0.39 is 16.1 Å². The van der Waals surface area contributed by atoms with Gasteiger partial charge in [0.2, 0.25) is 10.0 Å². The molecule has 0 saturated carbocycles. The van der Waals surface area contributed by atoms with Gasteiger partial charge in [-0.25, -0.2) is 8.42 Å². The van der Waals surface area contributed by atoms with Crippen LogP contribution in [0.2, 0.25) is 0 Å². The van der Waals surface area contributed by atoms with Gasteiger partial charge in [-0.3, -0.25) is 0 Å². The van der Waals surface area contributed by atoms with Gasteiger partial charge < -0.3 is 9.84 Å². The molecule has 1 rings (SSSR count). The van der Waals surface area contributed by atoms with Gasteiger partial charge in [-0.15, -0.1) is 11.6 Å². The third-order valence-corrected chi connectivity index (χ3v) is 4.29. The first kappa shape index (κ1) is 12.2. The first-order valence-corrected chi connectivity index (χ1v) is 6.51. The zero-order valence-electron chi connectivity index (χ0n) is 7.73. The fourth-order valence-electron chi connectivity index (χ4n) is 1.28. The van der Waals surface area contributed by atoms with Gasteiger partial charge in [-0.1, -0.05) is 0 Å². The van der Waals surface area contributed by atoms with E-state index in [9.17, 15) is 8.42 Å². The highest BCUT2D eigenvalue weighted by molar-refractivity contribution is 7.89. The zero-order valence-corrected chi connectivity index (χ0v) is 9.30. The third-order valence-electron chi connectivity index (χ3n) is 2.03. The van der Waals surface area contributed by atoms with E-state index in [0.717, 1.165) is 0 Å². The van der Waals surface area contributed by atoms with Crippen molar-refractivity contribution in [1.82, 2.24) is 4.31 Å². The van der Waals surface area contributed by atoms with Crippen molar-refractivity contribution in [2.75, 3.05) is 37.9 Å². The Morgan fingerprint density at radius 3 is 2.86 bits per heavy atom. The maximum absolute atomic E-state index is 11.6. The number of nitrogens with zero attached hydrogens (tertiary/aromatic N) is 1. The Kier molecular flexibility index (Phi) is 4.59. The molecule has 0 aromatic carbocycles. The van der Waals surface area contributed by atoms with Gasteiger partial charge >= 0.3 is 0 Å². The van der Waals surface area contributed by atoms with E-state index in [-0.39, 0.29) is 24.8 Å². The molecule has 5 nitrogen and oxygen atoms in total. The minimum Gasteiger partial charge on any atom is -0.394 e. The average molecular weight is 244 g/mol. The van der Waals surface area contributed by atoms with E-state index >= 15 is 0 Å². The lowest BCUT2D eigenvalue weighted by Crippen LogP contribution is -2.47. The van der Waals surface area contributed by atoms with Gasteiger partial charge in [0.05, 0.1) is 25.1 Å². The molecule has 0 spiro atoms. The fourth-order valence-corrected chi connectivity index (χ4v) is 3.07. The monoisotopic (exact) mass is 243 g/mol. The maximum Gasteiger partial charge on any atom is 0.215 e. The summed E-state index contributed by atoms with van der Waals surface area (Å²) < 4.78 is 29.6. The summed E-state index contributed by atoms with van der Waals surface area (Å²) in [6.07, 6.45) is -0.408. The SMILES string of the molecule is O=S(=O)(CCCl)N1CCOC(CO)C1. The van der Waals surface area contributed by atoms with Crippen molar-refractivity contribution in [2.45, 2.75) is 6.10 Å². The molecule has 0 aromatic rings. The zero-order chi connectivity index (χ0) is 10.6. The topological polar surface area (TPSA) is 66.8 Å². The minimum absolute atomic E-state index is 0.0628. The second-order valence-electron chi connectivity index (χ2n) is 3.04. The number of halogens is 1. The van der Waals surface area contributed by atoms with Crippen molar-refractivity contribution in [1.29, 1.82) is 0 Å². The van der Waals surface area contributed by atoms with Crippen LogP contribution in [-0.4, -0.2) is 61.9 Å². The summed E-state index contributed by atoms with van der Waals surface area (Å²) in [5, 5.41) is 8.83. The van der Waals surface area contributed by atoms with E-state index in [1.54, 1.807) is 0 Å². The molecule has 14 heavy (non-hydrogen) atoms. The number of ether oxygens (including phenoxy) is 1. The van der Waals surface area contributed by atoms with Crippen molar-refractivity contribution in [3.05, 3.63) is 0 Å². The van der Waals surface area contributed by atoms with Gasteiger partial charge in [-0.05, 0) is 0 Å². The van der Waals surface area contributed by atoms with Crippen LogP contribution < -0.4 is 0 Å². The summed E-state index contributed by atoms with van der Waals surface area (Å²) in [7, 11) is -3.27. The van der Waals surface area contributed by atoms with Crippen molar-refractivity contribution in [3.63, 3.8) is 0 Å². The highest BCUT2D eigenvalue weighted by Crippen LogP contribution is 2.10. The molecule has 1 aliphatic heterocycles. The van der Waals surface area contributed by atoms with Crippen LogP contribution in [0.15, 0.2) is 0 Å². The van der Waals surface area contributed by atoms with Gasteiger partial charge in [-0.2, -0.15) is 4.31 Å². The van der Waals surface area contributed by atoms with Crippen LogP contribution in [0, 0.1) is 0 Å². The van der Waals surface area contributed by atoms with E-state index in [2.05, 4.69) is 0 Å². The Labute approximate surface area is 88.7 Å². The third kappa shape index (κ3) is 3.06. The second-order valence-corrected chi connectivity index (χ2v) is 5.50. The molecule has 7 heteroatoms. The molecule has 0 aliphatic carbocycles. The molecule has 1 heterocycles. The van der Waals surface area contributed by atoms with Crippen molar-refractivity contribution < 1.29 is 18.3 Å². The Morgan fingerprint density at radius 1 is 1.57 bits per heavy atom. The summed E-state index contributed by atoms with van der Waals surface area (Å²) in [6.45, 7) is 0.727. The first-order valence-electron chi connectivity index (χ1n) is 4.36. The number of alkyl halides is 1. The molecule has 1 unspecified atom stereocenters. The Balaban J connectivity index is 2.59. The molecule has 84 valence electrons. The molecule has 1 N–H and O–H groups in total. The van der Waals surface area contributed by atoms with Crippen molar-refractivity contribution in [3.8, 4) is 0 Å². The molecular weight excluding hydrogens is 230 g/mol. The summed E-state index contributed by atoms with van der Waals surface area (Å²) in [5.74, 6) is 0.0240. The molecule has 0 aromatic heterocycles. The van der Waals surface area contributed by atoms with Crippen molar-refractivity contribution >= 4 is 21.6 Å². The molecule has 1 fully saturated rings. The lowest BCUT2D eigenvalue weighted by Gasteiger charge is -2.30. The molecule has 1 atom stereocenters. The summed E-state index contributed by atoms with van der Waals surface area (Å²) in [5.41, 5.74) is 0. The van der Waals surface area contributed by atoms with Crippen LogP contribution in [0.5, 0.6) is 0 Å². The number of aliphatic hydroxyl groups is 1. The predicted molar refractivity (Wildman–Crippen MR) is 52.9 cm³/mol. The lowest BCUT2D eigenvalue weighted by molar-refractivity contribution is -0.0304. The highest BCUT2D eigenvalue weighted by atomic mass is 35.5. The van der Waals surface area contributed by atoms with Crippen LogP contribution in [0.1, 0.15) is 0 Å². The smallest absolute Gasteiger partial charge is 0.215 e. The van der Waals surface area contributed by atoms with Crippen LogP contribution in [0.25, 0.3) is 0 Å². The van der Waals surface area contributed by atoms with Gasteiger partial charge in [0, 0.05) is 19.0 Å². The first-order chi connectivity index (χ1) is 6.60. The summed E-state index contributed by atoms with van der Waals surface area (Å²) in [6, 6.07) is 0. The van der Waals surface area contributed by atoms with Gasteiger partial charge in [0.15, 0.2) is 0 Å². The number of hydrogen-bond acceptors (Lipinski definition) is 4. The van der Waals surface area contributed by atoms with Crippen LogP contribution in [0.4, 0.5) is 0 Å². The molecule has 0 bridgehead atoms. The Bertz CT molecular complexity index is 269. The Morgan fingerprint density at radius 2 is 2.29 bits per heavy atom. The van der Waals surface area contributed by atoms with E-state index in [1.807, 2.05) is 0 Å². The largest absolute Gasteiger partial charge is 0.394 e. The van der Waals surface area contributed by atoms with E-state index in [0.29, 0.717) is 13.2 Å². The molecule has 0 radical (unpaired) electrons. The fraction of sp³-hybridized carbons (Fsp3) is 1.00. The number of aliphatic hydroxyl groups excluding tert-OH is 1. The average Bonchev–Trinajstić information content (AvgIpc) is 2.18. The number of hydrogen-bond donors (Lipinski definition) is 1. The van der Waals surface area contributed by atoms with Crippen LogP contribution in [-0.2, 0) is 14.8 Å².